The van der Waals surface area contributed by atoms with Crippen molar-refractivity contribution in [1.82, 2.24) is 20.3 Å². The molecule has 5 N–H and O–H groups in total. The van der Waals surface area contributed by atoms with Gasteiger partial charge in [0.25, 0.3) is 5.91 Å². The molecule has 1 aliphatic heterocycles. The number of nitrogens with one attached hydrogen (secondary N) is 2. The molecule has 0 spiro atoms. The summed E-state index contributed by atoms with van der Waals surface area (Å²) in [5.74, 6) is -1.79. The van der Waals surface area contributed by atoms with Crippen LogP contribution < -0.4 is 15.8 Å². The van der Waals surface area contributed by atoms with Crippen LogP contribution in [0.5, 0.6) is 5.75 Å². The molecule has 0 radical (unpaired) electrons. The van der Waals surface area contributed by atoms with Crippen molar-refractivity contribution in [3.63, 3.8) is 0 Å². The summed E-state index contributed by atoms with van der Waals surface area (Å²) in [6, 6.07) is 9.94. The summed E-state index contributed by atoms with van der Waals surface area (Å²) in [6.45, 7) is 1.51. The van der Waals surface area contributed by atoms with E-state index in [2.05, 4.69) is 20.3 Å². The number of halogens is 4. The Kier molecular flexibility index (Phi) is 6.29. The van der Waals surface area contributed by atoms with E-state index in [-0.39, 0.29) is 34.7 Å². The zero-order valence-electron chi connectivity index (χ0n) is 21.2. The number of primary amides is 1. The van der Waals surface area contributed by atoms with Gasteiger partial charge in [-0.05, 0) is 62.4 Å². The zero-order valence-corrected chi connectivity index (χ0v) is 21.2. The predicted octanol–water partition coefficient (Wildman–Crippen LogP) is 3.39. The van der Waals surface area contributed by atoms with E-state index in [9.17, 15) is 32.3 Å². The number of rotatable bonds is 6. The third kappa shape index (κ3) is 4.41. The fraction of sp³-hybridized carbons (Fsp3) is 0.259. The van der Waals surface area contributed by atoms with Crippen molar-refractivity contribution < 1.29 is 37.0 Å². The number of alkyl halides is 3. The van der Waals surface area contributed by atoms with Gasteiger partial charge >= 0.3 is 6.18 Å². The highest BCUT2D eigenvalue weighted by Crippen LogP contribution is 2.47. The first-order valence-electron chi connectivity index (χ1n) is 12.0. The van der Waals surface area contributed by atoms with Gasteiger partial charge in [0, 0.05) is 16.7 Å². The fourth-order valence-electron chi connectivity index (χ4n) is 4.53. The summed E-state index contributed by atoms with van der Waals surface area (Å²) < 4.78 is 62.8. The minimum Gasteiger partial charge on any atom is -0.489 e. The lowest BCUT2D eigenvalue weighted by atomic mass is 9.81. The predicted molar refractivity (Wildman–Crippen MR) is 135 cm³/mol. The molecular weight excluding hydrogens is 534 g/mol. The molecule has 2 aromatic heterocycles. The molecule has 40 heavy (non-hydrogen) atoms. The summed E-state index contributed by atoms with van der Waals surface area (Å²) in [5.41, 5.74) is 0.506. The van der Waals surface area contributed by atoms with Crippen molar-refractivity contribution in [3.05, 3.63) is 77.0 Å². The van der Waals surface area contributed by atoms with Gasteiger partial charge in [-0.3, -0.25) is 9.59 Å². The molecule has 13 heteroatoms. The number of amides is 2. The molecule has 9 nitrogen and oxygen atoms in total. The molecular formula is C27H23F4N5O4. The maximum atomic E-state index is 14.5. The van der Waals surface area contributed by atoms with Crippen LogP contribution in [0.2, 0.25) is 0 Å². The smallest absolute Gasteiger partial charge is 0.424 e. The van der Waals surface area contributed by atoms with Crippen LogP contribution in [0.4, 0.5) is 17.6 Å². The number of ether oxygens (including phenoxy) is 1. The Labute approximate surface area is 224 Å². The van der Waals surface area contributed by atoms with E-state index in [1.807, 2.05) is 0 Å². The standard InChI is InChI=1S/C27H23F4N5O4/c1-13-34-18-8-5-15(9-19(18)35-13)23(37)33-11-26(39,27(29,30)31)20-10-17-22(40-12-25(17,2)24(32)38)21(36-20)14-3-6-16(28)7-4-14/h3-10,39H,11-12H2,1-2H3,(H2,32,38)(H,33,37)(H,34,35)/t25-,26?/m0/s1. The van der Waals surface area contributed by atoms with E-state index in [1.165, 1.54) is 37.3 Å². The highest BCUT2D eigenvalue weighted by atomic mass is 19.4. The van der Waals surface area contributed by atoms with E-state index in [1.54, 1.807) is 6.92 Å². The first-order chi connectivity index (χ1) is 18.7. The van der Waals surface area contributed by atoms with Crippen LogP contribution in [0.1, 0.15) is 34.4 Å². The van der Waals surface area contributed by atoms with Crippen LogP contribution in [0.15, 0.2) is 48.5 Å². The number of H-pyrrole nitrogens is 1. The summed E-state index contributed by atoms with van der Waals surface area (Å²) in [7, 11) is 0. The van der Waals surface area contributed by atoms with Crippen LogP contribution in [0, 0.1) is 12.7 Å². The molecule has 0 bridgehead atoms. The average Bonchev–Trinajstić information content (AvgIpc) is 3.45. The number of aromatic amines is 1. The van der Waals surface area contributed by atoms with Crippen LogP contribution in [0.25, 0.3) is 22.3 Å². The van der Waals surface area contributed by atoms with Gasteiger partial charge in [-0.15, -0.1) is 0 Å². The Hall–Kier alpha value is -4.52. The normalized spacial score (nSPS) is 18.2. The van der Waals surface area contributed by atoms with Crippen LogP contribution in [-0.2, 0) is 15.8 Å². The molecule has 0 aliphatic carbocycles. The van der Waals surface area contributed by atoms with Crippen molar-refractivity contribution in [2.45, 2.75) is 31.0 Å². The molecule has 2 aromatic carbocycles. The number of carbonyl (C=O) groups excluding carboxylic acids is 2. The number of hydrogen-bond acceptors (Lipinski definition) is 6. The minimum atomic E-state index is -5.32. The Morgan fingerprint density at radius 3 is 2.50 bits per heavy atom. The maximum absolute atomic E-state index is 14.5. The number of benzene rings is 2. The van der Waals surface area contributed by atoms with Crippen molar-refractivity contribution in [2.75, 3.05) is 13.2 Å². The molecule has 5 rings (SSSR count). The van der Waals surface area contributed by atoms with Gasteiger partial charge in [0.2, 0.25) is 11.5 Å². The quantitative estimate of drug-likeness (QED) is 0.268. The van der Waals surface area contributed by atoms with Crippen molar-refractivity contribution in [3.8, 4) is 17.0 Å². The molecule has 1 aliphatic rings. The second kappa shape index (κ2) is 9.30. The molecule has 2 amide bonds. The number of fused-ring (bicyclic) bond motifs is 2. The van der Waals surface area contributed by atoms with E-state index >= 15 is 0 Å². The number of pyridine rings is 1. The number of aliphatic hydroxyl groups is 1. The van der Waals surface area contributed by atoms with Gasteiger partial charge in [-0.2, -0.15) is 13.2 Å². The highest BCUT2D eigenvalue weighted by molar-refractivity contribution is 5.97. The lowest BCUT2D eigenvalue weighted by molar-refractivity contribution is -0.265. The molecule has 4 aromatic rings. The summed E-state index contributed by atoms with van der Waals surface area (Å²) in [6.07, 6.45) is -5.32. The third-order valence-corrected chi connectivity index (χ3v) is 6.99. The first-order valence-corrected chi connectivity index (χ1v) is 12.0. The lowest BCUT2D eigenvalue weighted by Crippen LogP contribution is -2.51. The summed E-state index contributed by atoms with van der Waals surface area (Å²) >= 11 is 0. The van der Waals surface area contributed by atoms with Crippen LogP contribution in [0.3, 0.4) is 0 Å². The van der Waals surface area contributed by atoms with Crippen LogP contribution in [-0.4, -0.2) is 51.2 Å². The number of aromatic nitrogens is 3. The monoisotopic (exact) mass is 557 g/mol. The van der Waals surface area contributed by atoms with E-state index in [0.717, 1.165) is 18.2 Å². The van der Waals surface area contributed by atoms with E-state index in [0.29, 0.717) is 16.9 Å². The van der Waals surface area contributed by atoms with Crippen molar-refractivity contribution in [1.29, 1.82) is 0 Å². The second-order valence-electron chi connectivity index (χ2n) is 9.82. The van der Waals surface area contributed by atoms with Gasteiger partial charge in [-0.25, -0.2) is 14.4 Å². The lowest BCUT2D eigenvalue weighted by Gasteiger charge is -2.31. The second-order valence-corrected chi connectivity index (χ2v) is 9.82. The van der Waals surface area contributed by atoms with Gasteiger partial charge in [0.05, 0.1) is 23.3 Å². The number of hydrogen-bond donors (Lipinski definition) is 4. The zero-order chi connectivity index (χ0) is 29.0. The number of nitrogens with zero attached hydrogens (tertiary/aromatic N) is 2. The Bertz CT molecular complexity index is 1650. The molecule has 0 saturated heterocycles. The number of aryl methyl sites for hydroxylation is 1. The largest absolute Gasteiger partial charge is 0.489 e. The van der Waals surface area contributed by atoms with Gasteiger partial charge in [-0.1, -0.05) is 0 Å². The molecule has 0 saturated carbocycles. The van der Waals surface area contributed by atoms with Crippen molar-refractivity contribution in [2.24, 2.45) is 5.73 Å². The molecule has 208 valence electrons. The SMILES string of the molecule is Cc1nc2ccc(C(=O)NCC(O)(c3cc4c(c(-c5ccc(F)cc5)n3)OC[C@]4(C)C(N)=O)C(F)(F)F)cc2[nH]1. The summed E-state index contributed by atoms with van der Waals surface area (Å²) in [5, 5.41) is 13.2. The maximum Gasteiger partial charge on any atom is 0.424 e. The number of imidazole rings is 1. The average molecular weight is 558 g/mol. The number of carbonyl (C=O) groups is 2. The van der Waals surface area contributed by atoms with Gasteiger partial charge in [0.15, 0.2) is 0 Å². The van der Waals surface area contributed by atoms with E-state index in [4.69, 9.17) is 10.5 Å². The van der Waals surface area contributed by atoms with Gasteiger partial charge in [0.1, 0.15) is 35.1 Å². The molecule has 1 unspecified atom stereocenters. The molecule has 2 atom stereocenters. The van der Waals surface area contributed by atoms with Crippen LogP contribution >= 0.6 is 0 Å². The molecule has 3 heterocycles. The Morgan fingerprint density at radius 1 is 1.15 bits per heavy atom. The fourth-order valence-corrected chi connectivity index (χ4v) is 4.53. The van der Waals surface area contributed by atoms with Crippen molar-refractivity contribution >= 4 is 22.8 Å². The highest BCUT2D eigenvalue weighted by Gasteiger charge is 2.57. The number of nitrogens with two attached hydrogens (primary N) is 1. The molecule has 0 fully saturated rings. The third-order valence-electron chi connectivity index (χ3n) is 6.99. The Balaban J connectivity index is 1.58. The minimum absolute atomic E-state index is 0.0200. The first kappa shape index (κ1) is 27.1. The van der Waals surface area contributed by atoms with Gasteiger partial charge < -0.3 is 25.9 Å². The summed E-state index contributed by atoms with van der Waals surface area (Å²) in [4.78, 5) is 36.4. The van der Waals surface area contributed by atoms with E-state index < -0.39 is 47.1 Å². The Morgan fingerprint density at radius 2 is 1.85 bits per heavy atom. The topological polar surface area (TPSA) is 143 Å².